The number of imidazole rings is 1. The van der Waals surface area contributed by atoms with Gasteiger partial charge in [0.1, 0.15) is 6.04 Å². The fourth-order valence-electron chi connectivity index (χ4n) is 4.38. The van der Waals surface area contributed by atoms with E-state index in [-0.39, 0.29) is 17.9 Å². The van der Waals surface area contributed by atoms with Crippen LogP contribution in [0.5, 0.6) is 0 Å². The number of amides is 1. The molecule has 4 heterocycles. The molecule has 3 aliphatic rings. The number of rotatable bonds is 3. The number of nitrogens with zero attached hydrogens (tertiary/aromatic N) is 5. The molecule has 8 heteroatoms. The van der Waals surface area contributed by atoms with E-state index in [1.807, 2.05) is 23.6 Å². The van der Waals surface area contributed by atoms with E-state index < -0.39 is 0 Å². The summed E-state index contributed by atoms with van der Waals surface area (Å²) in [5.74, 6) is -0.158. The number of halogens is 1. The minimum atomic E-state index is -0.242. The van der Waals surface area contributed by atoms with Gasteiger partial charge in [0.15, 0.2) is 0 Å². The number of hydrogen-bond acceptors (Lipinski definition) is 5. The highest BCUT2D eigenvalue weighted by atomic mass is 19.1. The summed E-state index contributed by atoms with van der Waals surface area (Å²) >= 11 is 0. The van der Waals surface area contributed by atoms with E-state index in [2.05, 4.69) is 32.2 Å². The summed E-state index contributed by atoms with van der Waals surface area (Å²) in [7, 11) is 1.78. The van der Waals surface area contributed by atoms with Crippen LogP contribution in [0.1, 0.15) is 18.5 Å². The van der Waals surface area contributed by atoms with Crippen LogP contribution < -0.4 is 5.32 Å². The molecule has 1 aromatic heterocycles. The monoisotopic (exact) mass is 396 g/mol. The lowest BCUT2D eigenvalue weighted by Gasteiger charge is -2.38. The summed E-state index contributed by atoms with van der Waals surface area (Å²) in [6.45, 7) is 6.58. The molecule has 5 rings (SSSR count). The molecule has 0 unspecified atom stereocenters. The second kappa shape index (κ2) is 6.88. The van der Waals surface area contributed by atoms with Crippen molar-refractivity contribution in [3.05, 3.63) is 47.8 Å². The number of nitrogens with one attached hydrogen (secondary N) is 1. The van der Waals surface area contributed by atoms with E-state index in [1.54, 1.807) is 18.3 Å². The number of aromatic nitrogens is 2. The molecule has 0 bridgehead atoms. The maximum atomic E-state index is 14.4. The lowest BCUT2D eigenvalue weighted by molar-refractivity contribution is -0.118. The summed E-state index contributed by atoms with van der Waals surface area (Å²) in [6.07, 6.45) is 5.64. The first-order valence-electron chi connectivity index (χ1n) is 10.1. The van der Waals surface area contributed by atoms with Gasteiger partial charge >= 0.3 is 0 Å². The van der Waals surface area contributed by atoms with Crippen LogP contribution in [0.3, 0.4) is 0 Å². The van der Waals surface area contributed by atoms with Gasteiger partial charge in [-0.15, -0.1) is 0 Å². The Hall–Kier alpha value is -2.87. The molecule has 1 aromatic carbocycles. The van der Waals surface area contributed by atoms with Gasteiger partial charge in [-0.2, -0.15) is 4.39 Å². The number of likely N-dealkylation sites (N-methyl/N-ethyl adjacent to an activating group) is 1. The van der Waals surface area contributed by atoms with Crippen molar-refractivity contribution in [3.8, 4) is 0 Å². The normalized spacial score (nSPS) is 22.6. The number of carbonyl (C=O) groups is 1. The third-order valence-electron chi connectivity index (χ3n) is 6.10. The van der Waals surface area contributed by atoms with E-state index in [9.17, 15) is 9.18 Å². The zero-order valence-electron chi connectivity index (χ0n) is 16.7. The Bertz CT molecular complexity index is 1030. The Morgan fingerprint density at radius 1 is 1.24 bits per heavy atom. The van der Waals surface area contributed by atoms with E-state index in [4.69, 9.17) is 0 Å². The first-order valence-corrected chi connectivity index (χ1v) is 10.1. The smallest absolute Gasteiger partial charge is 0.247 e. The summed E-state index contributed by atoms with van der Waals surface area (Å²) < 4.78 is 16.4. The molecular weight excluding hydrogens is 371 g/mol. The molecular formula is C21H25FN6O. The number of carbonyl (C=O) groups excluding carboxylic acids is 1. The molecule has 0 spiro atoms. The van der Waals surface area contributed by atoms with E-state index in [0.29, 0.717) is 12.2 Å². The molecule has 0 radical (unpaired) electrons. The lowest BCUT2D eigenvalue weighted by Crippen LogP contribution is -2.46. The highest BCUT2D eigenvalue weighted by Gasteiger charge is 2.27. The summed E-state index contributed by atoms with van der Waals surface area (Å²) in [4.78, 5) is 22.8. The van der Waals surface area contributed by atoms with Crippen LogP contribution in [0, 0.1) is 0 Å². The standard InChI is InChI=1S/C21H25FN6O/c1-14-21(29)24-17-11-15(10-16-19(17)28(14)13-23-16)12-26-6-8-27(9-7-26)18-4-3-5-25(2)20(18)22/h3-4,10-11,13-14H,5-9,12H2,1-2H3,(H,24,29)/t14-/m0/s1. The van der Waals surface area contributed by atoms with Crippen LogP contribution in [0.4, 0.5) is 10.1 Å². The lowest BCUT2D eigenvalue weighted by atomic mass is 10.1. The van der Waals surface area contributed by atoms with Gasteiger partial charge < -0.3 is 19.7 Å². The van der Waals surface area contributed by atoms with Gasteiger partial charge in [-0.05, 0) is 30.7 Å². The highest BCUT2D eigenvalue weighted by Crippen LogP contribution is 2.32. The van der Waals surface area contributed by atoms with E-state index in [1.165, 1.54) is 0 Å². The molecule has 29 heavy (non-hydrogen) atoms. The summed E-state index contributed by atoms with van der Waals surface area (Å²) in [5, 5.41) is 3.01. The van der Waals surface area contributed by atoms with E-state index >= 15 is 0 Å². The Kier molecular flexibility index (Phi) is 4.31. The molecule has 1 amide bonds. The molecule has 1 saturated heterocycles. The van der Waals surface area contributed by atoms with E-state index in [0.717, 1.165) is 55.0 Å². The zero-order chi connectivity index (χ0) is 20.1. The van der Waals surface area contributed by atoms with Crippen LogP contribution in [0.2, 0.25) is 0 Å². The molecule has 0 aliphatic carbocycles. The molecule has 1 atom stereocenters. The highest BCUT2D eigenvalue weighted by molar-refractivity contribution is 6.05. The molecule has 152 valence electrons. The van der Waals surface area contributed by atoms with Gasteiger partial charge in [0.2, 0.25) is 11.9 Å². The van der Waals surface area contributed by atoms with Crippen molar-refractivity contribution in [3.63, 3.8) is 0 Å². The Balaban J connectivity index is 1.30. The van der Waals surface area contributed by atoms with Crippen molar-refractivity contribution in [2.75, 3.05) is 45.1 Å². The van der Waals surface area contributed by atoms with Crippen LogP contribution in [-0.4, -0.2) is 69.9 Å². The van der Waals surface area contributed by atoms with Gasteiger partial charge in [0.05, 0.1) is 28.7 Å². The third-order valence-corrected chi connectivity index (χ3v) is 6.10. The van der Waals surface area contributed by atoms with Crippen LogP contribution in [0.15, 0.2) is 42.3 Å². The van der Waals surface area contributed by atoms with Crippen LogP contribution in [0.25, 0.3) is 11.0 Å². The fourth-order valence-corrected chi connectivity index (χ4v) is 4.38. The van der Waals surface area contributed by atoms with Crippen molar-refractivity contribution in [2.45, 2.75) is 19.5 Å². The molecule has 3 aliphatic heterocycles. The third kappa shape index (κ3) is 3.07. The SMILES string of the molecule is C[C@H]1C(=O)Nc2cc(CN3CCN(C4=C(F)N(C)CC=C4)CC3)cc3ncn1c23. The molecule has 2 aromatic rings. The van der Waals surface area contributed by atoms with Gasteiger partial charge in [-0.25, -0.2) is 4.98 Å². The van der Waals surface area contributed by atoms with Crippen LogP contribution >= 0.6 is 0 Å². The first-order chi connectivity index (χ1) is 14.0. The number of benzene rings is 1. The average Bonchev–Trinajstić information content (AvgIpc) is 3.14. The Morgan fingerprint density at radius 2 is 2.03 bits per heavy atom. The van der Waals surface area contributed by atoms with Crippen molar-refractivity contribution in [2.24, 2.45) is 0 Å². The molecule has 7 nitrogen and oxygen atoms in total. The van der Waals surface area contributed by atoms with Gasteiger partial charge in [-0.1, -0.05) is 6.08 Å². The van der Waals surface area contributed by atoms with Crippen LogP contribution in [-0.2, 0) is 11.3 Å². The summed E-state index contributed by atoms with van der Waals surface area (Å²) in [6, 6.07) is 3.92. The first kappa shape index (κ1) is 18.2. The largest absolute Gasteiger partial charge is 0.365 e. The van der Waals surface area contributed by atoms with Crippen molar-refractivity contribution < 1.29 is 9.18 Å². The van der Waals surface area contributed by atoms with Crippen molar-refractivity contribution in [1.82, 2.24) is 24.3 Å². The number of hydrogen-bond donors (Lipinski definition) is 1. The molecule has 1 fully saturated rings. The number of anilines is 1. The minimum absolute atomic E-state index is 0.0108. The average molecular weight is 396 g/mol. The fraction of sp³-hybridized carbons (Fsp3) is 0.429. The summed E-state index contributed by atoms with van der Waals surface area (Å²) in [5.41, 5.74) is 4.54. The quantitative estimate of drug-likeness (QED) is 0.807. The Morgan fingerprint density at radius 3 is 2.83 bits per heavy atom. The second-order valence-electron chi connectivity index (χ2n) is 8.05. The zero-order valence-corrected chi connectivity index (χ0v) is 16.7. The van der Waals surface area contributed by atoms with Gasteiger partial charge in [0, 0.05) is 46.3 Å². The predicted octanol–water partition coefficient (Wildman–Crippen LogP) is 2.31. The predicted molar refractivity (Wildman–Crippen MR) is 110 cm³/mol. The molecule has 1 N–H and O–H groups in total. The van der Waals surface area contributed by atoms with Gasteiger partial charge in [0.25, 0.3) is 0 Å². The number of piperazine rings is 1. The second-order valence-corrected chi connectivity index (χ2v) is 8.05. The minimum Gasteiger partial charge on any atom is -0.365 e. The number of allylic oxidation sites excluding steroid dienone is 1. The molecule has 0 saturated carbocycles. The maximum absolute atomic E-state index is 14.4. The maximum Gasteiger partial charge on any atom is 0.247 e. The topological polar surface area (TPSA) is 56.6 Å². The van der Waals surface area contributed by atoms with Gasteiger partial charge in [-0.3, -0.25) is 9.69 Å². The Labute approximate surface area is 169 Å². The van der Waals surface area contributed by atoms with Crippen molar-refractivity contribution in [1.29, 1.82) is 0 Å². The van der Waals surface area contributed by atoms with Crippen molar-refractivity contribution >= 4 is 22.6 Å².